The van der Waals surface area contributed by atoms with Crippen LogP contribution in [0.25, 0.3) is 0 Å². The van der Waals surface area contributed by atoms with Crippen molar-refractivity contribution in [3.8, 4) is 0 Å². The van der Waals surface area contributed by atoms with Crippen LogP contribution < -0.4 is 5.63 Å². The molecule has 3 aliphatic heterocycles. The van der Waals surface area contributed by atoms with Crippen LogP contribution in [0.4, 0.5) is 0 Å². The highest BCUT2D eigenvalue weighted by atomic mass is 16.8. The molecule has 18 nitrogen and oxygen atoms in total. The lowest BCUT2D eigenvalue weighted by Crippen LogP contribution is -2.67. The monoisotopic (exact) mass is 854 g/mol. The number of hydrogen-bond acceptors (Lipinski definition) is 18. The van der Waals surface area contributed by atoms with Crippen molar-refractivity contribution in [2.45, 2.75) is 182 Å². The van der Waals surface area contributed by atoms with E-state index >= 15 is 0 Å². The van der Waals surface area contributed by atoms with E-state index < -0.39 is 123 Å². The molecule has 0 aromatic carbocycles. The molecule has 0 radical (unpaired) electrons. The minimum Gasteiger partial charge on any atom is -0.431 e. The van der Waals surface area contributed by atoms with Crippen LogP contribution in [0.3, 0.4) is 0 Å². The van der Waals surface area contributed by atoms with Crippen LogP contribution in [0.2, 0.25) is 0 Å². The van der Waals surface area contributed by atoms with Gasteiger partial charge in [0.15, 0.2) is 18.9 Å². The normalized spacial score (nSPS) is 51.9. The van der Waals surface area contributed by atoms with Crippen molar-refractivity contribution in [3.63, 3.8) is 0 Å². The summed E-state index contributed by atoms with van der Waals surface area (Å²) in [6.45, 7) is 4.39. The summed E-state index contributed by atoms with van der Waals surface area (Å²) in [6, 6.07) is 3.27. The largest absolute Gasteiger partial charge is 0.431 e. The number of aliphatic hydroxyl groups is 10. The van der Waals surface area contributed by atoms with Gasteiger partial charge < -0.3 is 83.9 Å². The van der Waals surface area contributed by atoms with Crippen LogP contribution in [0.1, 0.15) is 83.6 Å². The highest BCUT2D eigenvalue weighted by Crippen LogP contribution is 2.70. The summed E-state index contributed by atoms with van der Waals surface area (Å²) in [7, 11) is 0. The lowest BCUT2D eigenvalue weighted by atomic mass is 9.45. The molecule has 0 spiro atoms. The summed E-state index contributed by atoms with van der Waals surface area (Å²) >= 11 is 0. The number of ether oxygens (including phenoxy) is 6. The van der Waals surface area contributed by atoms with Crippen LogP contribution in [0.5, 0.6) is 0 Å². The zero-order valence-electron chi connectivity index (χ0n) is 34.1. The second-order valence-electron chi connectivity index (χ2n) is 18.7. The topological polar surface area (TPSA) is 288 Å². The zero-order valence-corrected chi connectivity index (χ0v) is 34.1. The van der Waals surface area contributed by atoms with Crippen LogP contribution in [0, 0.1) is 22.7 Å². The summed E-state index contributed by atoms with van der Waals surface area (Å²) in [5, 5.41) is 109. The molecule has 7 aliphatic rings. The average Bonchev–Trinajstić information content (AvgIpc) is 3.51. The Bertz CT molecular complexity index is 1740. The molecule has 4 heterocycles. The maximum Gasteiger partial charge on any atom is 0.335 e. The van der Waals surface area contributed by atoms with E-state index in [1.807, 2.05) is 6.07 Å². The summed E-state index contributed by atoms with van der Waals surface area (Å²) in [6.07, 6.45) is -14.8. The standard InChI is InChI=1S/C42H62O18/c1-18-28(46)31(49)33(51)37(55-18)60-36-32(50)29(47)25(15-43)58-39(36)59-35-30(48)26(16-44)57-38(34(35)52)56-21-8-11-40(2)20(14-21)5-6-24-23(40)9-12-41(3)22(10-13-42(24,41)53)19-4-7-27(45)54-17-19/h4,7,14,17-18,21-26,28-39,43-44,46-53H,5-6,8-13,15-16H2,1-3H3/t18-,21+,22-,23+,24-,25-,26+,28+,29+,30+,31+,32+,33-,34+,35-,36+,37+,38+,39-,40+,41-,42+/m1/s1. The molecule has 8 rings (SSSR count). The van der Waals surface area contributed by atoms with Crippen molar-refractivity contribution in [3.05, 3.63) is 46.0 Å². The van der Waals surface area contributed by atoms with Crippen molar-refractivity contribution in [1.29, 1.82) is 0 Å². The van der Waals surface area contributed by atoms with Crippen molar-refractivity contribution < 1.29 is 83.9 Å². The van der Waals surface area contributed by atoms with Gasteiger partial charge >= 0.3 is 5.63 Å². The van der Waals surface area contributed by atoms with E-state index in [1.165, 1.54) is 18.6 Å². The number of hydrogen-bond donors (Lipinski definition) is 10. The predicted molar refractivity (Wildman–Crippen MR) is 203 cm³/mol. The van der Waals surface area contributed by atoms with E-state index in [0.717, 1.165) is 44.1 Å². The second kappa shape index (κ2) is 16.9. The second-order valence-corrected chi connectivity index (χ2v) is 18.7. The van der Waals surface area contributed by atoms with Crippen molar-refractivity contribution in [2.24, 2.45) is 22.7 Å². The van der Waals surface area contributed by atoms with Crippen molar-refractivity contribution in [2.75, 3.05) is 13.2 Å². The maximum atomic E-state index is 12.6. The van der Waals surface area contributed by atoms with E-state index in [1.54, 1.807) is 6.26 Å². The number of allylic oxidation sites excluding steroid dienone is 1. The van der Waals surface area contributed by atoms with Gasteiger partial charge in [0.25, 0.3) is 0 Å². The Balaban J connectivity index is 0.977. The molecule has 1 aromatic rings. The maximum absolute atomic E-state index is 12.6. The van der Waals surface area contributed by atoms with Crippen LogP contribution in [0.15, 0.2) is 39.3 Å². The van der Waals surface area contributed by atoms with Crippen LogP contribution in [-0.4, -0.2) is 168 Å². The molecule has 1 aromatic heterocycles. The van der Waals surface area contributed by atoms with Gasteiger partial charge in [-0.15, -0.1) is 0 Å². The first kappa shape index (κ1) is 44.6. The number of aliphatic hydroxyl groups excluding tert-OH is 9. The van der Waals surface area contributed by atoms with Gasteiger partial charge in [-0.1, -0.05) is 25.5 Å². The van der Waals surface area contributed by atoms with E-state index in [-0.39, 0.29) is 28.6 Å². The molecule has 3 saturated heterocycles. The molecule has 0 unspecified atom stereocenters. The third kappa shape index (κ3) is 7.35. The van der Waals surface area contributed by atoms with E-state index in [4.69, 9.17) is 32.8 Å². The van der Waals surface area contributed by atoms with Gasteiger partial charge in [0.1, 0.15) is 67.1 Å². The zero-order chi connectivity index (χ0) is 43.1. The highest BCUT2D eigenvalue weighted by Gasteiger charge is 2.67. The summed E-state index contributed by atoms with van der Waals surface area (Å²) in [4.78, 5) is 11.7. The quantitative estimate of drug-likeness (QED) is 0.129. The third-order valence-corrected chi connectivity index (χ3v) is 15.7. The minimum absolute atomic E-state index is 0.0673. The SMILES string of the molecule is C[C@H]1O[C@@H](O[C@@H]2[C@@H](O[C@H]3[C@H](O)[C@@H](O[C@@H]4C=C5CC[C@@H]6[C@H](CC[C@]7(C)[C@@H](c8ccc(=O)oc8)CC[C@]67O)[C@@]5(C)CC4)O[C@@H](CO)[C@@H]3O)O[C@H](CO)[C@H](O)[C@@H]2O)[C@H](O)[C@@H](O)[C@H]1O. The Morgan fingerprint density at radius 1 is 0.683 bits per heavy atom. The molecule has 3 saturated carbocycles. The summed E-state index contributed by atoms with van der Waals surface area (Å²) in [5.41, 5.74) is 0.246. The molecule has 338 valence electrons. The van der Waals surface area contributed by atoms with Crippen LogP contribution in [-0.2, 0) is 28.4 Å². The van der Waals surface area contributed by atoms with Gasteiger partial charge in [-0.2, -0.15) is 0 Å². The fraction of sp³-hybridized carbons (Fsp3) is 0.833. The Morgan fingerprint density at radius 2 is 1.37 bits per heavy atom. The molecular formula is C42H62O18. The fourth-order valence-electron chi connectivity index (χ4n) is 12.1. The molecule has 4 aliphatic carbocycles. The molecule has 0 amide bonds. The average molecular weight is 855 g/mol. The predicted octanol–water partition coefficient (Wildman–Crippen LogP) is -1.34. The van der Waals surface area contributed by atoms with Gasteiger partial charge in [0.2, 0.25) is 0 Å². The lowest BCUT2D eigenvalue weighted by molar-refractivity contribution is -0.388. The Labute approximate surface area is 347 Å². The summed E-state index contributed by atoms with van der Waals surface area (Å²) in [5.74, 6) is 0.351. The van der Waals surface area contributed by atoms with E-state index in [9.17, 15) is 55.9 Å². The van der Waals surface area contributed by atoms with Gasteiger partial charge in [-0.25, -0.2) is 4.79 Å². The Kier molecular flexibility index (Phi) is 12.6. The smallest absolute Gasteiger partial charge is 0.335 e. The molecule has 60 heavy (non-hydrogen) atoms. The van der Waals surface area contributed by atoms with Crippen molar-refractivity contribution >= 4 is 0 Å². The third-order valence-electron chi connectivity index (χ3n) is 15.7. The van der Waals surface area contributed by atoms with Gasteiger partial charge in [-0.3, -0.25) is 0 Å². The molecule has 0 bridgehead atoms. The number of rotatable bonds is 9. The van der Waals surface area contributed by atoms with Gasteiger partial charge in [-0.05, 0) is 93.1 Å². The molecule has 10 N–H and O–H groups in total. The molecular weight excluding hydrogens is 792 g/mol. The summed E-state index contributed by atoms with van der Waals surface area (Å²) < 4.78 is 40.7. The van der Waals surface area contributed by atoms with E-state index in [0.29, 0.717) is 12.8 Å². The first-order valence-corrected chi connectivity index (χ1v) is 21.4. The minimum atomic E-state index is -1.84. The first-order valence-electron chi connectivity index (χ1n) is 21.4. The van der Waals surface area contributed by atoms with Gasteiger partial charge in [0.05, 0.1) is 37.3 Å². The number of fused-ring (bicyclic) bond motifs is 5. The van der Waals surface area contributed by atoms with Crippen molar-refractivity contribution in [1.82, 2.24) is 0 Å². The molecule has 18 heteroatoms. The lowest BCUT2D eigenvalue weighted by Gasteiger charge is -2.62. The molecule has 22 atom stereocenters. The van der Waals surface area contributed by atoms with E-state index in [2.05, 4.69) is 19.9 Å². The fourth-order valence-corrected chi connectivity index (χ4v) is 12.1. The highest BCUT2D eigenvalue weighted by molar-refractivity contribution is 5.31. The molecule has 6 fully saturated rings. The van der Waals surface area contributed by atoms with Gasteiger partial charge in [0, 0.05) is 11.5 Å². The van der Waals surface area contributed by atoms with Crippen LogP contribution >= 0.6 is 0 Å². The Morgan fingerprint density at radius 3 is 2.07 bits per heavy atom. The first-order chi connectivity index (χ1) is 28.4. The Hall–Kier alpha value is -1.95.